The van der Waals surface area contributed by atoms with Gasteiger partial charge in [0.1, 0.15) is 5.76 Å². The van der Waals surface area contributed by atoms with E-state index < -0.39 is 0 Å². The molecule has 1 N–H and O–H groups in total. The molecule has 0 radical (unpaired) electrons. The van der Waals surface area contributed by atoms with E-state index in [2.05, 4.69) is 12.2 Å². The predicted molar refractivity (Wildman–Crippen MR) is 75.6 cm³/mol. The number of carbonyl (C=O) groups excluding carboxylic acids is 1. The Morgan fingerprint density at radius 1 is 1.53 bits per heavy atom. The summed E-state index contributed by atoms with van der Waals surface area (Å²) in [5.41, 5.74) is 0. The number of piperidine rings is 1. The van der Waals surface area contributed by atoms with E-state index >= 15 is 0 Å². The van der Waals surface area contributed by atoms with Crippen LogP contribution in [0.3, 0.4) is 0 Å². The molecule has 4 nitrogen and oxygen atoms in total. The molecule has 1 aliphatic rings. The molecule has 1 aromatic rings. The van der Waals surface area contributed by atoms with Gasteiger partial charge in [0, 0.05) is 18.7 Å². The highest BCUT2D eigenvalue weighted by atomic mass is 16.3. The van der Waals surface area contributed by atoms with Crippen LogP contribution in [-0.2, 0) is 4.79 Å². The molecule has 1 amide bonds. The summed E-state index contributed by atoms with van der Waals surface area (Å²) in [4.78, 5) is 14.3. The molecule has 104 valence electrons. The SMILES string of the molecule is CCCN(C(=O)/C=C/c1ccco1)C1CCNCC1. The lowest BCUT2D eigenvalue weighted by Crippen LogP contribution is -2.45. The van der Waals surface area contributed by atoms with Gasteiger partial charge in [-0.1, -0.05) is 6.92 Å². The normalized spacial score (nSPS) is 16.9. The first-order valence-corrected chi connectivity index (χ1v) is 7.04. The second kappa shape index (κ2) is 7.14. The highest BCUT2D eigenvalue weighted by Crippen LogP contribution is 2.14. The van der Waals surface area contributed by atoms with Gasteiger partial charge in [-0.2, -0.15) is 0 Å². The number of hydrogen-bond donors (Lipinski definition) is 1. The third-order valence-electron chi connectivity index (χ3n) is 3.43. The summed E-state index contributed by atoms with van der Waals surface area (Å²) in [5.74, 6) is 0.806. The van der Waals surface area contributed by atoms with Crippen molar-refractivity contribution in [1.82, 2.24) is 10.2 Å². The second-order valence-electron chi connectivity index (χ2n) is 4.86. The first-order chi connectivity index (χ1) is 9.31. The monoisotopic (exact) mass is 262 g/mol. The van der Waals surface area contributed by atoms with Gasteiger partial charge in [0.25, 0.3) is 0 Å². The largest absolute Gasteiger partial charge is 0.465 e. The van der Waals surface area contributed by atoms with E-state index in [1.807, 2.05) is 17.0 Å². The number of nitrogens with zero attached hydrogens (tertiary/aromatic N) is 1. The average Bonchev–Trinajstić information content (AvgIpc) is 2.96. The zero-order valence-electron chi connectivity index (χ0n) is 11.5. The third-order valence-corrected chi connectivity index (χ3v) is 3.43. The van der Waals surface area contributed by atoms with E-state index in [0.717, 1.165) is 44.7 Å². The van der Waals surface area contributed by atoms with Crippen LogP contribution in [0.15, 0.2) is 28.9 Å². The Morgan fingerprint density at radius 2 is 2.32 bits per heavy atom. The Bertz CT molecular complexity index is 406. The van der Waals surface area contributed by atoms with Crippen LogP contribution < -0.4 is 5.32 Å². The Morgan fingerprint density at radius 3 is 2.95 bits per heavy atom. The molecule has 2 heterocycles. The summed E-state index contributed by atoms with van der Waals surface area (Å²) in [6.07, 6.45) is 8.05. The Kier molecular flexibility index (Phi) is 5.21. The maximum atomic E-state index is 12.3. The summed E-state index contributed by atoms with van der Waals surface area (Å²) < 4.78 is 5.20. The van der Waals surface area contributed by atoms with Gasteiger partial charge < -0.3 is 14.6 Å². The molecular weight excluding hydrogens is 240 g/mol. The number of amides is 1. The van der Waals surface area contributed by atoms with Crippen LogP contribution in [0.2, 0.25) is 0 Å². The number of rotatable bonds is 5. The smallest absolute Gasteiger partial charge is 0.246 e. The van der Waals surface area contributed by atoms with Crippen molar-refractivity contribution in [2.75, 3.05) is 19.6 Å². The lowest BCUT2D eigenvalue weighted by atomic mass is 10.0. The molecule has 0 unspecified atom stereocenters. The van der Waals surface area contributed by atoms with Gasteiger partial charge in [0.2, 0.25) is 5.91 Å². The summed E-state index contributed by atoms with van der Waals surface area (Å²) in [7, 11) is 0. The molecule has 1 saturated heterocycles. The van der Waals surface area contributed by atoms with Crippen molar-refractivity contribution < 1.29 is 9.21 Å². The first-order valence-electron chi connectivity index (χ1n) is 7.04. The molecule has 0 atom stereocenters. The first kappa shape index (κ1) is 13.9. The number of nitrogens with one attached hydrogen (secondary N) is 1. The van der Waals surface area contributed by atoms with Gasteiger partial charge in [-0.15, -0.1) is 0 Å². The molecule has 1 aliphatic heterocycles. The van der Waals surface area contributed by atoms with Gasteiger partial charge in [-0.3, -0.25) is 4.79 Å². The quantitative estimate of drug-likeness (QED) is 0.828. The van der Waals surface area contributed by atoms with Crippen molar-refractivity contribution in [3.8, 4) is 0 Å². The molecule has 19 heavy (non-hydrogen) atoms. The van der Waals surface area contributed by atoms with Crippen LogP contribution in [0.1, 0.15) is 31.9 Å². The second-order valence-corrected chi connectivity index (χ2v) is 4.86. The molecule has 1 aromatic heterocycles. The zero-order chi connectivity index (χ0) is 13.5. The average molecular weight is 262 g/mol. The number of carbonyl (C=O) groups is 1. The molecule has 4 heteroatoms. The minimum atomic E-state index is 0.0881. The van der Waals surface area contributed by atoms with E-state index in [9.17, 15) is 4.79 Å². The topological polar surface area (TPSA) is 45.5 Å². The minimum Gasteiger partial charge on any atom is -0.465 e. The summed E-state index contributed by atoms with van der Waals surface area (Å²) in [5, 5.41) is 3.33. The fraction of sp³-hybridized carbons (Fsp3) is 0.533. The van der Waals surface area contributed by atoms with Gasteiger partial charge in [0.05, 0.1) is 6.26 Å². The highest BCUT2D eigenvalue weighted by molar-refractivity contribution is 5.91. The van der Waals surface area contributed by atoms with Gasteiger partial charge in [-0.05, 0) is 50.6 Å². The minimum absolute atomic E-state index is 0.0881. The molecule has 2 rings (SSSR count). The standard InChI is InChI=1S/C15H22N2O2/c1-2-11-17(13-7-9-16-10-8-13)15(18)6-5-14-4-3-12-19-14/h3-6,12-13,16H,2,7-11H2,1H3/b6-5+. The molecule has 0 spiro atoms. The van der Waals surface area contributed by atoms with Crippen LogP contribution in [-0.4, -0.2) is 36.5 Å². The maximum absolute atomic E-state index is 12.3. The summed E-state index contributed by atoms with van der Waals surface area (Å²) in [6, 6.07) is 4.04. The van der Waals surface area contributed by atoms with E-state index in [1.54, 1.807) is 18.4 Å². The van der Waals surface area contributed by atoms with Crippen molar-refractivity contribution in [1.29, 1.82) is 0 Å². The van der Waals surface area contributed by atoms with Crippen molar-refractivity contribution >= 4 is 12.0 Å². The lowest BCUT2D eigenvalue weighted by molar-refractivity contribution is -0.128. The van der Waals surface area contributed by atoms with Crippen LogP contribution in [0.4, 0.5) is 0 Å². The number of furan rings is 1. The fourth-order valence-electron chi connectivity index (χ4n) is 2.47. The molecular formula is C15H22N2O2. The predicted octanol–water partition coefficient (Wildman–Crippen LogP) is 2.28. The Hall–Kier alpha value is -1.55. The van der Waals surface area contributed by atoms with E-state index in [-0.39, 0.29) is 5.91 Å². The van der Waals surface area contributed by atoms with Crippen molar-refractivity contribution in [3.63, 3.8) is 0 Å². The zero-order valence-corrected chi connectivity index (χ0v) is 11.5. The molecule has 0 bridgehead atoms. The van der Waals surface area contributed by atoms with Crippen LogP contribution >= 0.6 is 0 Å². The van der Waals surface area contributed by atoms with Crippen LogP contribution in [0, 0.1) is 0 Å². The van der Waals surface area contributed by atoms with Gasteiger partial charge >= 0.3 is 0 Å². The molecule has 0 saturated carbocycles. The maximum Gasteiger partial charge on any atom is 0.246 e. The van der Waals surface area contributed by atoms with Crippen molar-refractivity contribution in [2.24, 2.45) is 0 Å². The molecule has 1 fully saturated rings. The Labute approximate surface area is 114 Å². The van der Waals surface area contributed by atoms with E-state index in [1.165, 1.54) is 0 Å². The highest BCUT2D eigenvalue weighted by Gasteiger charge is 2.23. The van der Waals surface area contributed by atoms with Crippen molar-refractivity contribution in [3.05, 3.63) is 30.2 Å². The Balaban J connectivity index is 1.99. The molecule has 0 aromatic carbocycles. The number of hydrogen-bond acceptors (Lipinski definition) is 3. The van der Waals surface area contributed by atoms with Crippen LogP contribution in [0.25, 0.3) is 6.08 Å². The summed E-state index contributed by atoms with van der Waals surface area (Å²) in [6.45, 7) is 4.93. The summed E-state index contributed by atoms with van der Waals surface area (Å²) >= 11 is 0. The van der Waals surface area contributed by atoms with Gasteiger partial charge in [0.15, 0.2) is 0 Å². The van der Waals surface area contributed by atoms with Gasteiger partial charge in [-0.25, -0.2) is 0 Å². The van der Waals surface area contributed by atoms with E-state index in [4.69, 9.17) is 4.42 Å². The van der Waals surface area contributed by atoms with Crippen LogP contribution in [0.5, 0.6) is 0 Å². The fourth-order valence-corrected chi connectivity index (χ4v) is 2.47. The third kappa shape index (κ3) is 3.96. The molecule has 0 aliphatic carbocycles. The van der Waals surface area contributed by atoms with E-state index in [0.29, 0.717) is 6.04 Å². The lowest BCUT2D eigenvalue weighted by Gasteiger charge is -2.33. The van der Waals surface area contributed by atoms with Crippen molar-refractivity contribution in [2.45, 2.75) is 32.2 Å².